The molecule has 1 saturated carbocycles. The van der Waals surface area contributed by atoms with E-state index in [1.807, 2.05) is 12.1 Å². The number of nitrogens with one attached hydrogen (secondary N) is 1. The summed E-state index contributed by atoms with van der Waals surface area (Å²) in [6, 6.07) is 5.51. The molecule has 0 bridgehead atoms. The highest BCUT2D eigenvalue weighted by molar-refractivity contribution is 5.82. The summed E-state index contributed by atoms with van der Waals surface area (Å²) in [5, 5.41) is 0. The molecule has 1 aromatic heterocycles. The number of benzene rings is 1. The number of carbonyl (C=O) groups is 1. The van der Waals surface area contributed by atoms with E-state index < -0.39 is 0 Å². The lowest BCUT2D eigenvalue weighted by Gasteiger charge is -2.50. The van der Waals surface area contributed by atoms with Crippen molar-refractivity contribution >= 4 is 5.91 Å². The number of aryl methyl sites for hydroxylation is 1. The number of likely N-dealkylation sites (tertiary alicyclic amines) is 1. The maximum absolute atomic E-state index is 13.9. The van der Waals surface area contributed by atoms with Crippen molar-refractivity contribution in [3.8, 4) is 0 Å². The molecule has 3 aliphatic rings. The number of amides is 1. The molecule has 2 fully saturated rings. The number of nitrogens with zero attached hydrogens (tertiary/aromatic N) is 3. The number of rotatable bonds is 3. The first kappa shape index (κ1) is 17.9. The van der Waals surface area contributed by atoms with Crippen LogP contribution in [-0.2, 0) is 23.3 Å². The first-order valence-electron chi connectivity index (χ1n) is 10.4. The van der Waals surface area contributed by atoms with Crippen molar-refractivity contribution in [3.05, 3.63) is 52.9 Å². The molecule has 1 spiro atoms. The zero-order chi connectivity index (χ0) is 19.3. The van der Waals surface area contributed by atoms with Gasteiger partial charge in [0.15, 0.2) is 0 Å². The Labute approximate surface area is 164 Å². The van der Waals surface area contributed by atoms with Crippen molar-refractivity contribution in [2.45, 2.75) is 51.1 Å². The van der Waals surface area contributed by atoms with Crippen LogP contribution in [0.15, 0.2) is 24.5 Å². The predicted octanol–water partition coefficient (Wildman–Crippen LogP) is 3.14. The Balaban J connectivity index is 1.36. The summed E-state index contributed by atoms with van der Waals surface area (Å²) in [5.74, 6) is 0.411. The highest BCUT2D eigenvalue weighted by atomic mass is 19.1. The third kappa shape index (κ3) is 2.94. The number of halogens is 1. The molecule has 148 valence electrons. The summed E-state index contributed by atoms with van der Waals surface area (Å²) < 4.78 is 13.9. The van der Waals surface area contributed by atoms with E-state index in [4.69, 9.17) is 0 Å². The van der Waals surface area contributed by atoms with Crippen molar-refractivity contribution < 1.29 is 9.18 Å². The Bertz CT molecular complexity index is 896. The molecule has 1 amide bonds. The van der Waals surface area contributed by atoms with Crippen LogP contribution in [0.4, 0.5) is 4.39 Å². The summed E-state index contributed by atoms with van der Waals surface area (Å²) in [4.78, 5) is 25.5. The third-order valence-corrected chi connectivity index (χ3v) is 6.78. The molecule has 6 heteroatoms. The van der Waals surface area contributed by atoms with E-state index in [1.54, 1.807) is 19.3 Å². The van der Waals surface area contributed by atoms with Gasteiger partial charge in [0.05, 0.1) is 17.6 Å². The molecule has 1 aromatic carbocycles. The van der Waals surface area contributed by atoms with E-state index in [0.29, 0.717) is 11.5 Å². The minimum absolute atomic E-state index is 0.138. The Morgan fingerprint density at radius 3 is 2.79 bits per heavy atom. The molecule has 5 nitrogen and oxygen atoms in total. The molecule has 3 heterocycles. The van der Waals surface area contributed by atoms with Gasteiger partial charge in [-0.2, -0.15) is 0 Å². The van der Waals surface area contributed by atoms with Crippen molar-refractivity contribution in [2.24, 2.45) is 5.92 Å². The summed E-state index contributed by atoms with van der Waals surface area (Å²) >= 11 is 0. The van der Waals surface area contributed by atoms with Crippen LogP contribution < -0.4 is 0 Å². The lowest BCUT2D eigenvalue weighted by Crippen LogP contribution is -2.58. The number of aromatic nitrogens is 2. The van der Waals surface area contributed by atoms with Crippen LogP contribution >= 0.6 is 0 Å². The molecule has 2 aliphatic heterocycles. The second-order valence-electron chi connectivity index (χ2n) is 8.64. The number of piperidine rings is 1. The zero-order valence-corrected chi connectivity index (χ0v) is 16.4. The van der Waals surface area contributed by atoms with Gasteiger partial charge in [-0.25, -0.2) is 9.37 Å². The highest BCUT2D eigenvalue weighted by Gasteiger charge is 2.50. The molecule has 1 aliphatic carbocycles. The van der Waals surface area contributed by atoms with Gasteiger partial charge in [-0.05, 0) is 49.8 Å². The quantitative estimate of drug-likeness (QED) is 0.887. The average Bonchev–Trinajstić information content (AvgIpc) is 3.43. The number of fused-ring (bicyclic) bond motifs is 2. The second kappa shape index (κ2) is 6.69. The van der Waals surface area contributed by atoms with Crippen LogP contribution in [0.2, 0.25) is 0 Å². The minimum atomic E-state index is -0.276. The first-order valence-corrected chi connectivity index (χ1v) is 10.4. The maximum Gasteiger partial charge on any atom is 0.226 e. The van der Waals surface area contributed by atoms with Gasteiger partial charge in [0.1, 0.15) is 5.82 Å². The third-order valence-electron chi connectivity index (χ3n) is 6.78. The largest absolute Gasteiger partial charge is 0.348 e. The van der Waals surface area contributed by atoms with Crippen LogP contribution in [0.1, 0.15) is 48.2 Å². The summed E-state index contributed by atoms with van der Waals surface area (Å²) in [6.45, 7) is 5.09. The van der Waals surface area contributed by atoms with E-state index in [-0.39, 0.29) is 17.3 Å². The van der Waals surface area contributed by atoms with Crippen molar-refractivity contribution in [2.75, 3.05) is 19.6 Å². The smallest absolute Gasteiger partial charge is 0.226 e. The molecule has 0 unspecified atom stereocenters. The number of carbonyl (C=O) groups excluding carboxylic acids is 1. The monoisotopic (exact) mass is 382 g/mol. The van der Waals surface area contributed by atoms with Crippen molar-refractivity contribution in [1.29, 1.82) is 0 Å². The van der Waals surface area contributed by atoms with Gasteiger partial charge in [-0.1, -0.05) is 12.1 Å². The Morgan fingerprint density at radius 1 is 1.29 bits per heavy atom. The Morgan fingerprint density at radius 2 is 2.07 bits per heavy atom. The van der Waals surface area contributed by atoms with Crippen molar-refractivity contribution in [3.63, 3.8) is 0 Å². The molecule has 0 atom stereocenters. The van der Waals surface area contributed by atoms with E-state index in [9.17, 15) is 9.18 Å². The summed E-state index contributed by atoms with van der Waals surface area (Å²) in [6.07, 6.45) is 6.48. The zero-order valence-electron chi connectivity index (χ0n) is 16.4. The van der Waals surface area contributed by atoms with E-state index in [1.165, 1.54) is 5.69 Å². The first-order chi connectivity index (χ1) is 13.6. The van der Waals surface area contributed by atoms with Gasteiger partial charge in [0, 0.05) is 44.2 Å². The average molecular weight is 382 g/mol. The van der Waals surface area contributed by atoms with E-state index >= 15 is 0 Å². The number of aromatic amines is 1. The van der Waals surface area contributed by atoms with Gasteiger partial charge in [-0.15, -0.1) is 0 Å². The van der Waals surface area contributed by atoms with Crippen molar-refractivity contribution in [1.82, 2.24) is 19.8 Å². The SMILES string of the molecule is Cc1ccc(CN2CCC3(CC2)c2nc[nH]c2CCN3C(=O)C2CC2)cc1F. The Kier molecular flexibility index (Phi) is 4.27. The second-order valence-corrected chi connectivity index (χ2v) is 8.64. The predicted molar refractivity (Wildman–Crippen MR) is 104 cm³/mol. The standard InChI is InChI=1S/C22H27FN4O/c1-15-2-3-16(12-18(15)23)13-26-10-7-22(8-11-26)20-19(24-14-25-20)6-9-27(22)21(28)17-4-5-17/h2-3,12,14,17H,4-11,13H2,1H3,(H,24,25). The summed E-state index contributed by atoms with van der Waals surface area (Å²) in [5.41, 5.74) is 3.68. The molecular weight excluding hydrogens is 355 g/mol. The fraction of sp³-hybridized carbons (Fsp3) is 0.545. The number of hydrogen-bond donors (Lipinski definition) is 1. The maximum atomic E-state index is 13.9. The van der Waals surface area contributed by atoms with E-state index in [2.05, 4.69) is 19.8 Å². The lowest BCUT2D eigenvalue weighted by molar-refractivity contribution is -0.143. The number of hydrogen-bond acceptors (Lipinski definition) is 3. The minimum Gasteiger partial charge on any atom is -0.348 e. The fourth-order valence-corrected chi connectivity index (χ4v) is 4.93. The van der Waals surface area contributed by atoms with Crippen LogP contribution in [-0.4, -0.2) is 45.3 Å². The molecule has 1 N–H and O–H groups in total. The highest BCUT2D eigenvalue weighted by Crippen LogP contribution is 2.45. The van der Waals surface area contributed by atoms with Crippen LogP contribution in [0.25, 0.3) is 0 Å². The molecule has 2 aromatic rings. The molecule has 0 radical (unpaired) electrons. The van der Waals surface area contributed by atoms with Gasteiger partial charge >= 0.3 is 0 Å². The fourth-order valence-electron chi connectivity index (χ4n) is 4.93. The molecule has 28 heavy (non-hydrogen) atoms. The topological polar surface area (TPSA) is 52.2 Å². The van der Waals surface area contributed by atoms with Crippen LogP contribution in [0.5, 0.6) is 0 Å². The molecule has 5 rings (SSSR count). The normalized spacial score (nSPS) is 21.7. The van der Waals surface area contributed by atoms with Crippen LogP contribution in [0.3, 0.4) is 0 Å². The van der Waals surface area contributed by atoms with Gasteiger partial charge in [-0.3, -0.25) is 9.69 Å². The van der Waals surface area contributed by atoms with Crippen LogP contribution in [0, 0.1) is 18.7 Å². The lowest BCUT2D eigenvalue weighted by atomic mass is 9.78. The van der Waals surface area contributed by atoms with Gasteiger partial charge in [0.25, 0.3) is 0 Å². The van der Waals surface area contributed by atoms with E-state index in [0.717, 1.165) is 69.5 Å². The molecule has 1 saturated heterocycles. The van der Waals surface area contributed by atoms with Gasteiger partial charge in [0.2, 0.25) is 5.91 Å². The van der Waals surface area contributed by atoms with Gasteiger partial charge < -0.3 is 9.88 Å². The number of imidazole rings is 1. The Hall–Kier alpha value is -2.21. The molecular formula is C22H27FN4O. The summed E-state index contributed by atoms with van der Waals surface area (Å²) in [7, 11) is 0. The number of H-pyrrole nitrogens is 1.